The number of fused-ring (bicyclic) bond motifs is 1. The zero-order chi connectivity index (χ0) is 28.8. The lowest BCUT2D eigenvalue weighted by Gasteiger charge is -2.46. The van der Waals surface area contributed by atoms with E-state index in [1.807, 2.05) is 24.8 Å². The van der Waals surface area contributed by atoms with Crippen molar-refractivity contribution in [2.24, 2.45) is 13.0 Å². The summed E-state index contributed by atoms with van der Waals surface area (Å²) < 4.78 is 45.7. The summed E-state index contributed by atoms with van der Waals surface area (Å²) in [5.74, 6) is -0.801. The summed E-state index contributed by atoms with van der Waals surface area (Å²) in [6.07, 6.45) is 2.91. The fourth-order valence-corrected chi connectivity index (χ4v) is 6.47. The van der Waals surface area contributed by atoms with E-state index in [-0.39, 0.29) is 39.9 Å². The maximum Gasteiger partial charge on any atom is 0.419 e. The third kappa shape index (κ3) is 5.05. The Bertz CT molecular complexity index is 1510. The molecule has 1 N–H and O–H groups in total. The molecule has 1 aliphatic carbocycles. The fourth-order valence-electron chi connectivity index (χ4n) is 6.47. The number of hydrogen-bond donors (Lipinski definition) is 1. The number of aryl methyl sites for hydroxylation is 1. The molecule has 40 heavy (non-hydrogen) atoms. The predicted molar refractivity (Wildman–Crippen MR) is 145 cm³/mol. The van der Waals surface area contributed by atoms with E-state index in [0.29, 0.717) is 24.9 Å². The Kier molecular flexibility index (Phi) is 7.11. The van der Waals surface area contributed by atoms with Gasteiger partial charge in [0.05, 0.1) is 29.1 Å². The summed E-state index contributed by atoms with van der Waals surface area (Å²) in [4.78, 5) is 32.4. The van der Waals surface area contributed by atoms with E-state index in [2.05, 4.69) is 10.3 Å². The van der Waals surface area contributed by atoms with Crippen LogP contribution in [-0.4, -0.2) is 38.3 Å². The summed E-state index contributed by atoms with van der Waals surface area (Å²) >= 11 is 0. The Morgan fingerprint density at radius 1 is 1.18 bits per heavy atom. The maximum atomic E-state index is 14.7. The van der Waals surface area contributed by atoms with Gasteiger partial charge in [0.25, 0.3) is 5.91 Å². The third-order valence-electron chi connectivity index (χ3n) is 8.39. The zero-order valence-electron chi connectivity index (χ0n) is 22.8. The van der Waals surface area contributed by atoms with Crippen molar-refractivity contribution in [2.45, 2.75) is 70.0 Å². The Morgan fingerprint density at radius 3 is 2.55 bits per heavy atom. The smallest absolute Gasteiger partial charge is 0.337 e. The molecule has 3 aromatic rings. The first-order valence-electron chi connectivity index (χ1n) is 13.6. The topological polar surface area (TPSA) is 91.0 Å². The number of amides is 2. The third-order valence-corrected chi connectivity index (χ3v) is 8.39. The monoisotopic (exact) mass is 551 g/mol. The number of anilines is 1. The number of nitriles is 1. The number of carbonyl (C=O) groups is 2. The van der Waals surface area contributed by atoms with Crippen LogP contribution < -0.4 is 5.32 Å². The number of aromatic nitrogens is 2. The number of nitrogens with zero attached hydrogens (tertiary/aromatic N) is 4. The van der Waals surface area contributed by atoms with Crippen molar-refractivity contribution in [3.8, 4) is 6.07 Å². The van der Waals surface area contributed by atoms with Gasteiger partial charge in [0.15, 0.2) is 0 Å². The second kappa shape index (κ2) is 10.3. The highest BCUT2D eigenvalue weighted by Gasteiger charge is 2.43. The van der Waals surface area contributed by atoms with Crippen LogP contribution in [0.5, 0.6) is 0 Å². The summed E-state index contributed by atoms with van der Waals surface area (Å²) in [5.41, 5.74) is -0.915. The average Bonchev–Trinajstić information content (AvgIpc) is 3.55. The largest absolute Gasteiger partial charge is 0.419 e. The van der Waals surface area contributed by atoms with Crippen LogP contribution >= 0.6 is 0 Å². The van der Waals surface area contributed by atoms with Gasteiger partial charge < -0.3 is 14.8 Å². The molecule has 1 aliphatic heterocycles. The SMILES string of the molecule is Cn1cc(C2CCN(C(=O)C3CCCC3)C(C)(C)C2)c2c(C(F)(F)F)c(NC(=O)c3cccc(C#N)c3)cnc21. The summed E-state index contributed by atoms with van der Waals surface area (Å²) in [5, 5.41) is 11.5. The number of nitrogens with one attached hydrogen (secondary N) is 1. The molecule has 7 nitrogen and oxygen atoms in total. The first-order chi connectivity index (χ1) is 18.9. The predicted octanol–water partition coefficient (Wildman–Crippen LogP) is 6.39. The van der Waals surface area contributed by atoms with Crippen molar-refractivity contribution in [1.82, 2.24) is 14.5 Å². The number of hydrogen-bond acceptors (Lipinski definition) is 4. The van der Waals surface area contributed by atoms with E-state index in [1.54, 1.807) is 17.8 Å². The van der Waals surface area contributed by atoms with Gasteiger partial charge in [-0.1, -0.05) is 18.9 Å². The van der Waals surface area contributed by atoms with Crippen molar-refractivity contribution in [3.63, 3.8) is 0 Å². The standard InChI is InChI=1S/C30H32F3N5O2/c1-29(2)14-21(11-12-38(29)28(40)19-8-4-5-9-19)22-17-37(3)26-24(22)25(30(31,32)33)23(16-35-26)36-27(39)20-10-6-7-18(13-20)15-34/h6-7,10,13,16-17,19,21H,4-5,8-9,11-12,14H2,1-3H3,(H,36,39). The molecule has 10 heteroatoms. The second-order valence-electron chi connectivity index (χ2n) is 11.6. The van der Waals surface area contributed by atoms with Crippen LogP contribution in [-0.2, 0) is 18.0 Å². The molecule has 2 fully saturated rings. The average molecular weight is 552 g/mol. The normalized spacial score (nSPS) is 19.5. The van der Waals surface area contributed by atoms with Crippen molar-refractivity contribution in [1.29, 1.82) is 5.26 Å². The first-order valence-corrected chi connectivity index (χ1v) is 13.6. The lowest BCUT2D eigenvalue weighted by molar-refractivity contribution is -0.143. The minimum Gasteiger partial charge on any atom is -0.337 e. The molecule has 1 unspecified atom stereocenters. The van der Waals surface area contributed by atoms with Crippen LogP contribution in [0.15, 0.2) is 36.7 Å². The maximum absolute atomic E-state index is 14.7. The molecule has 1 atom stereocenters. The molecule has 0 spiro atoms. The van der Waals surface area contributed by atoms with E-state index in [1.165, 1.54) is 24.3 Å². The van der Waals surface area contributed by atoms with Crippen molar-refractivity contribution < 1.29 is 22.8 Å². The van der Waals surface area contributed by atoms with E-state index < -0.39 is 28.9 Å². The number of pyridine rings is 1. The number of rotatable bonds is 4. The quantitative estimate of drug-likeness (QED) is 0.407. The van der Waals surface area contributed by atoms with E-state index >= 15 is 0 Å². The summed E-state index contributed by atoms with van der Waals surface area (Å²) in [7, 11) is 1.66. The van der Waals surface area contributed by atoms with Gasteiger partial charge in [-0.2, -0.15) is 18.4 Å². The number of piperidine rings is 1. The van der Waals surface area contributed by atoms with Gasteiger partial charge in [-0.3, -0.25) is 9.59 Å². The van der Waals surface area contributed by atoms with Crippen LogP contribution in [0.4, 0.5) is 18.9 Å². The Labute approximate surface area is 231 Å². The number of alkyl halides is 3. The molecule has 3 heterocycles. The number of carbonyl (C=O) groups excluding carboxylic acids is 2. The first kappa shape index (κ1) is 27.7. The van der Waals surface area contributed by atoms with Gasteiger partial charge in [0.1, 0.15) is 5.65 Å². The lowest BCUT2D eigenvalue weighted by atomic mass is 9.78. The van der Waals surface area contributed by atoms with E-state index in [0.717, 1.165) is 31.9 Å². The minimum absolute atomic E-state index is 0.0325. The van der Waals surface area contributed by atoms with Crippen LogP contribution in [0.2, 0.25) is 0 Å². The second-order valence-corrected chi connectivity index (χ2v) is 11.6. The number of halogens is 3. The van der Waals surface area contributed by atoms with Gasteiger partial charge >= 0.3 is 6.18 Å². The molecule has 210 valence electrons. The lowest BCUT2D eigenvalue weighted by Crippen LogP contribution is -2.54. The Hall–Kier alpha value is -3.87. The number of likely N-dealkylation sites (tertiary alicyclic amines) is 1. The molecule has 1 saturated carbocycles. The van der Waals surface area contributed by atoms with E-state index in [4.69, 9.17) is 5.26 Å². The van der Waals surface area contributed by atoms with Gasteiger partial charge in [-0.05, 0) is 69.2 Å². The van der Waals surface area contributed by atoms with E-state index in [9.17, 15) is 22.8 Å². The van der Waals surface area contributed by atoms with Crippen LogP contribution in [0.3, 0.4) is 0 Å². The molecule has 2 aliphatic rings. The number of benzene rings is 1. The van der Waals surface area contributed by atoms with Crippen molar-refractivity contribution in [2.75, 3.05) is 11.9 Å². The highest BCUT2D eigenvalue weighted by Crippen LogP contribution is 2.47. The Morgan fingerprint density at radius 2 is 1.90 bits per heavy atom. The van der Waals surface area contributed by atoms with Crippen LogP contribution in [0, 0.1) is 17.2 Å². The van der Waals surface area contributed by atoms with Crippen LogP contribution in [0.25, 0.3) is 11.0 Å². The molecule has 0 bridgehead atoms. The van der Waals surface area contributed by atoms with Crippen molar-refractivity contribution in [3.05, 3.63) is 58.9 Å². The van der Waals surface area contributed by atoms with Gasteiger partial charge in [0.2, 0.25) is 5.91 Å². The van der Waals surface area contributed by atoms with Crippen molar-refractivity contribution >= 4 is 28.5 Å². The molecular weight excluding hydrogens is 519 g/mol. The minimum atomic E-state index is -4.77. The highest BCUT2D eigenvalue weighted by molar-refractivity contribution is 6.06. The molecule has 2 aromatic heterocycles. The summed E-state index contributed by atoms with van der Waals surface area (Å²) in [6.45, 7) is 4.45. The molecule has 0 radical (unpaired) electrons. The summed E-state index contributed by atoms with van der Waals surface area (Å²) in [6, 6.07) is 7.70. The Balaban J connectivity index is 1.52. The molecule has 2 amide bonds. The zero-order valence-corrected chi connectivity index (χ0v) is 22.8. The molecule has 5 rings (SSSR count). The molecular formula is C30H32F3N5O2. The van der Waals surface area contributed by atoms with Gasteiger partial charge in [-0.25, -0.2) is 4.98 Å². The van der Waals surface area contributed by atoms with Gasteiger partial charge in [0, 0.05) is 42.2 Å². The van der Waals surface area contributed by atoms with Crippen LogP contribution in [0.1, 0.15) is 85.3 Å². The molecule has 1 saturated heterocycles. The molecule has 1 aromatic carbocycles. The fraction of sp³-hybridized carbons (Fsp3) is 0.467. The van der Waals surface area contributed by atoms with Gasteiger partial charge in [-0.15, -0.1) is 0 Å². The highest BCUT2D eigenvalue weighted by atomic mass is 19.4.